The summed E-state index contributed by atoms with van der Waals surface area (Å²) in [7, 11) is 0. The van der Waals surface area contributed by atoms with Crippen LogP contribution in [0, 0.1) is 5.92 Å². The predicted molar refractivity (Wildman–Crippen MR) is 80.8 cm³/mol. The summed E-state index contributed by atoms with van der Waals surface area (Å²) < 4.78 is 0.983. The van der Waals surface area contributed by atoms with Crippen molar-refractivity contribution < 1.29 is 5.11 Å². The summed E-state index contributed by atoms with van der Waals surface area (Å²) in [5.74, 6) is 0.548. The van der Waals surface area contributed by atoms with E-state index in [9.17, 15) is 5.11 Å². The van der Waals surface area contributed by atoms with Gasteiger partial charge in [-0.05, 0) is 42.0 Å². The van der Waals surface area contributed by atoms with Crippen LogP contribution in [-0.2, 0) is 0 Å². The van der Waals surface area contributed by atoms with Gasteiger partial charge in [0.15, 0.2) is 0 Å². The molecule has 98 valence electrons. The quantitative estimate of drug-likeness (QED) is 0.822. The van der Waals surface area contributed by atoms with Crippen LogP contribution in [0.5, 0.6) is 0 Å². The Bertz CT molecular complexity index is 436. The molecule has 0 amide bonds. The largest absolute Gasteiger partial charge is 0.392 e. The average molecular weight is 330 g/mol. The molecule has 0 aromatic heterocycles. The van der Waals surface area contributed by atoms with Gasteiger partial charge in [-0.1, -0.05) is 58.9 Å². The molecule has 1 fully saturated rings. The summed E-state index contributed by atoms with van der Waals surface area (Å²) in [6, 6.07) is 5.77. The fraction of sp³-hybridized carbons (Fsp3) is 0.467. The maximum absolute atomic E-state index is 9.58. The van der Waals surface area contributed by atoms with Gasteiger partial charge >= 0.3 is 0 Å². The Morgan fingerprint density at radius 1 is 1.33 bits per heavy atom. The summed E-state index contributed by atoms with van der Waals surface area (Å²) in [6.45, 7) is 0.153. The summed E-state index contributed by atoms with van der Waals surface area (Å²) in [6.07, 6.45) is 8.42. The molecule has 0 aliphatic heterocycles. The smallest absolute Gasteiger partial charge is 0.0647 e. The van der Waals surface area contributed by atoms with Crippen LogP contribution in [0.15, 0.2) is 28.2 Å². The van der Waals surface area contributed by atoms with Crippen molar-refractivity contribution in [2.24, 2.45) is 5.92 Å². The predicted octanol–water partition coefficient (Wildman–Crippen LogP) is 5.06. The van der Waals surface area contributed by atoms with E-state index >= 15 is 0 Å². The maximum Gasteiger partial charge on any atom is 0.0647 e. The molecule has 0 saturated heterocycles. The van der Waals surface area contributed by atoms with Crippen LogP contribution >= 0.6 is 27.5 Å². The molecule has 1 nitrogen and oxygen atoms in total. The molecule has 1 aliphatic rings. The first-order valence-electron chi connectivity index (χ1n) is 6.47. The topological polar surface area (TPSA) is 20.2 Å². The highest BCUT2D eigenvalue weighted by molar-refractivity contribution is 9.10. The van der Waals surface area contributed by atoms with Gasteiger partial charge in [0.2, 0.25) is 0 Å². The van der Waals surface area contributed by atoms with Gasteiger partial charge in [-0.25, -0.2) is 0 Å². The normalized spacial score (nSPS) is 18.1. The van der Waals surface area contributed by atoms with Crippen molar-refractivity contribution in [2.75, 3.05) is 6.61 Å². The van der Waals surface area contributed by atoms with Gasteiger partial charge in [0.25, 0.3) is 0 Å². The van der Waals surface area contributed by atoms with Crippen molar-refractivity contribution in [3.8, 4) is 0 Å². The van der Waals surface area contributed by atoms with Crippen LogP contribution in [0.25, 0.3) is 6.08 Å². The molecule has 1 aromatic rings. The summed E-state index contributed by atoms with van der Waals surface area (Å²) in [5.41, 5.74) is 2.24. The Kier molecular flexibility index (Phi) is 5.28. The zero-order chi connectivity index (χ0) is 13.0. The molecule has 0 unspecified atom stereocenters. The third-order valence-electron chi connectivity index (χ3n) is 3.62. The van der Waals surface area contributed by atoms with Crippen LogP contribution in [-0.4, -0.2) is 11.7 Å². The second-order valence-corrected chi connectivity index (χ2v) is 6.17. The van der Waals surface area contributed by atoms with Gasteiger partial charge in [-0.15, -0.1) is 0 Å². The van der Waals surface area contributed by atoms with Crippen molar-refractivity contribution in [2.45, 2.75) is 32.1 Å². The van der Waals surface area contributed by atoms with Crippen molar-refractivity contribution >= 4 is 33.6 Å². The zero-order valence-corrected chi connectivity index (χ0v) is 12.7. The zero-order valence-electron chi connectivity index (χ0n) is 10.3. The van der Waals surface area contributed by atoms with Gasteiger partial charge in [0.1, 0.15) is 0 Å². The molecule has 0 radical (unpaired) electrons. The molecule has 18 heavy (non-hydrogen) atoms. The Balaban J connectivity index is 2.22. The van der Waals surface area contributed by atoms with Crippen molar-refractivity contribution in [1.29, 1.82) is 0 Å². The minimum absolute atomic E-state index is 0.153. The molecule has 3 heteroatoms. The van der Waals surface area contributed by atoms with E-state index in [1.165, 1.54) is 32.1 Å². The molecule has 0 atom stereocenters. The third kappa shape index (κ3) is 3.59. The summed E-state index contributed by atoms with van der Waals surface area (Å²) in [4.78, 5) is 0. The second kappa shape index (κ2) is 6.74. The van der Waals surface area contributed by atoms with Gasteiger partial charge in [0, 0.05) is 9.50 Å². The molecule has 1 N–H and O–H groups in total. The van der Waals surface area contributed by atoms with E-state index in [0.717, 1.165) is 20.6 Å². The lowest BCUT2D eigenvalue weighted by molar-refractivity contribution is 0.295. The average Bonchev–Trinajstić information content (AvgIpc) is 2.39. The lowest BCUT2D eigenvalue weighted by Crippen LogP contribution is -2.11. The number of rotatable bonds is 3. The first kappa shape index (κ1) is 14.1. The number of hydrogen-bond donors (Lipinski definition) is 1. The second-order valence-electron chi connectivity index (χ2n) is 4.88. The molecule has 0 bridgehead atoms. The van der Waals surface area contributed by atoms with E-state index in [1.807, 2.05) is 18.2 Å². The number of hydrogen-bond acceptors (Lipinski definition) is 1. The van der Waals surface area contributed by atoms with E-state index < -0.39 is 0 Å². The van der Waals surface area contributed by atoms with Crippen molar-refractivity contribution in [3.63, 3.8) is 0 Å². The van der Waals surface area contributed by atoms with Crippen LogP contribution in [0.1, 0.15) is 37.7 Å². The molecule has 0 heterocycles. The number of halogens is 2. The highest BCUT2D eigenvalue weighted by Gasteiger charge is 2.17. The van der Waals surface area contributed by atoms with Crippen LogP contribution in [0.3, 0.4) is 0 Å². The van der Waals surface area contributed by atoms with E-state index in [4.69, 9.17) is 11.6 Å². The first-order chi connectivity index (χ1) is 8.70. The number of aliphatic hydroxyl groups is 1. The lowest BCUT2D eigenvalue weighted by Gasteiger charge is -2.23. The Morgan fingerprint density at radius 3 is 2.67 bits per heavy atom. The summed E-state index contributed by atoms with van der Waals surface area (Å²) in [5, 5.41) is 10.3. The van der Waals surface area contributed by atoms with Crippen LogP contribution in [0.2, 0.25) is 5.02 Å². The van der Waals surface area contributed by atoms with E-state index in [0.29, 0.717) is 5.92 Å². The van der Waals surface area contributed by atoms with Gasteiger partial charge in [-0.2, -0.15) is 0 Å². The molecule has 2 rings (SSSR count). The molecule has 0 spiro atoms. The lowest BCUT2D eigenvalue weighted by atomic mass is 9.83. The minimum Gasteiger partial charge on any atom is -0.392 e. The Labute approximate surface area is 122 Å². The monoisotopic (exact) mass is 328 g/mol. The summed E-state index contributed by atoms with van der Waals surface area (Å²) >= 11 is 9.45. The highest BCUT2D eigenvalue weighted by Crippen LogP contribution is 2.32. The van der Waals surface area contributed by atoms with E-state index in [2.05, 4.69) is 22.0 Å². The van der Waals surface area contributed by atoms with E-state index in [1.54, 1.807) is 0 Å². The number of aliphatic hydroxyl groups excluding tert-OH is 1. The SMILES string of the molecule is OC/C(=C/c1ccc(Cl)cc1Br)C1CCCCC1. The van der Waals surface area contributed by atoms with Gasteiger partial charge < -0.3 is 5.11 Å². The first-order valence-corrected chi connectivity index (χ1v) is 7.64. The fourth-order valence-corrected chi connectivity index (χ4v) is 3.38. The highest BCUT2D eigenvalue weighted by atomic mass is 79.9. The Hall–Kier alpha value is -0.310. The Morgan fingerprint density at radius 2 is 2.06 bits per heavy atom. The van der Waals surface area contributed by atoms with Crippen molar-refractivity contribution in [1.82, 2.24) is 0 Å². The number of benzene rings is 1. The fourth-order valence-electron chi connectivity index (χ4n) is 2.58. The molecule has 1 aliphatic carbocycles. The van der Waals surface area contributed by atoms with Gasteiger partial charge in [-0.3, -0.25) is 0 Å². The van der Waals surface area contributed by atoms with Crippen LogP contribution < -0.4 is 0 Å². The molecular weight excluding hydrogens is 312 g/mol. The molecular formula is C15H18BrClO. The molecule has 1 aromatic carbocycles. The van der Waals surface area contributed by atoms with E-state index in [-0.39, 0.29) is 6.61 Å². The minimum atomic E-state index is 0.153. The maximum atomic E-state index is 9.58. The van der Waals surface area contributed by atoms with Crippen molar-refractivity contribution in [3.05, 3.63) is 38.8 Å². The standard InChI is InChI=1S/C15H18BrClO/c16-15-9-14(17)7-6-12(15)8-13(10-18)11-4-2-1-3-5-11/h6-9,11,18H,1-5,10H2/b13-8-. The third-order valence-corrected chi connectivity index (χ3v) is 4.54. The molecule has 1 saturated carbocycles. The van der Waals surface area contributed by atoms with Crippen LogP contribution in [0.4, 0.5) is 0 Å². The van der Waals surface area contributed by atoms with Gasteiger partial charge in [0.05, 0.1) is 6.61 Å².